The van der Waals surface area contributed by atoms with Gasteiger partial charge in [0, 0.05) is 28.7 Å². The molecule has 0 aliphatic rings. The lowest BCUT2D eigenvalue weighted by Crippen LogP contribution is -2.15. The fourth-order valence-electron chi connectivity index (χ4n) is 2.71. The van der Waals surface area contributed by atoms with Crippen molar-refractivity contribution in [3.63, 3.8) is 0 Å². The highest BCUT2D eigenvalue weighted by atomic mass is 79.9. The SMILES string of the molecule is CN(C)CCCOc1cccc(S(=O)(=O)n2ccc3cc(Br)ccc32)c1. The zero-order valence-electron chi connectivity index (χ0n) is 14.7. The van der Waals surface area contributed by atoms with E-state index >= 15 is 0 Å². The van der Waals surface area contributed by atoms with E-state index in [1.54, 1.807) is 42.6 Å². The number of hydrogen-bond donors (Lipinski definition) is 0. The third kappa shape index (κ3) is 4.11. The topological polar surface area (TPSA) is 51.5 Å². The van der Waals surface area contributed by atoms with Gasteiger partial charge in [0.2, 0.25) is 0 Å². The normalized spacial score (nSPS) is 12.0. The molecule has 0 atom stereocenters. The summed E-state index contributed by atoms with van der Waals surface area (Å²) in [5.74, 6) is 0.559. The van der Waals surface area contributed by atoms with Crippen LogP contribution in [-0.4, -0.2) is 44.5 Å². The molecule has 0 saturated carbocycles. The maximum Gasteiger partial charge on any atom is 0.268 e. The highest BCUT2D eigenvalue weighted by Crippen LogP contribution is 2.26. The van der Waals surface area contributed by atoms with Crippen LogP contribution in [-0.2, 0) is 10.0 Å². The molecule has 0 N–H and O–H groups in total. The first-order valence-corrected chi connectivity index (χ1v) is 10.5. The zero-order chi connectivity index (χ0) is 18.7. The second kappa shape index (κ2) is 7.82. The number of rotatable bonds is 7. The van der Waals surface area contributed by atoms with Crippen LogP contribution in [0.2, 0.25) is 0 Å². The summed E-state index contributed by atoms with van der Waals surface area (Å²) in [5, 5.41) is 0.860. The van der Waals surface area contributed by atoms with E-state index in [0.29, 0.717) is 17.9 Å². The molecule has 7 heteroatoms. The van der Waals surface area contributed by atoms with Crippen molar-refractivity contribution in [2.75, 3.05) is 27.2 Å². The molecule has 3 rings (SSSR count). The molecule has 1 heterocycles. The van der Waals surface area contributed by atoms with Gasteiger partial charge in [-0.05, 0) is 56.9 Å². The molecule has 138 valence electrons. The molecule has 0 aliphatic heterocycles. The Morgan fingerprint density at radius 3 is 2.69 bits per heavy atom. The molecule has 0 spiro atoms. The summed E-state index contributed by atoms with van der Waals surface area (Å²) < 4.78 is 34.0. The van der Waals surface area contributed by atoms with Gasteiger partial charge in [-0.2, -0.15) is 0 Å². The van der Waals surface area contributed by atoms with Crippen LogP contribution >= 0.6 is 15.9 Å². The Balaban J connectivity index is 1.86. The van der Waals surface area contributed by atoms with Crippen LogP contribution in [0.4, 0.5) is 0 Å². The largest absolute Gasteiger partial charge is 0.494 e. The maximum atomic E-state index is 13.1. The Morgan fingerprint density at radius 2 is 1.92 bits per heavy atom. The predicted molar refractivity (Wildman–Crippen MR) is 107 cm³/mol. The Labute approximate surface area is 162 Å². The fraction of sp³-hybridized carbons (Fsp3) is 0.263. The molecule has 0 unspecified atom stereocenters. The van der Waals surface area contributed by atoms with E-state index in [1.807, 2.05) is 26.2 Å². The minimum Gasteiger partial charge on any atom is -0.494 e. The standard InChI is InChI=1S/C19H21BrN2O3S/c1-21(2)10-4-12-25-17-5-3-6-18(14-17)26(23,24)22-11-9-15-13-16(20)7-8-19(15)22/h3,5-9,11,13-14H,4,10,12H2,1-2H3. The minimum absolute atomic E-state index is 0.211. The molecule has 1 aromatic heterocycles. The first kappa shape index (κ1) is 18.9. The third-order valence-corrected chi connectivity index (χ3v) is 6.18. The first-order chi connectivity index (χ1) is 12.4. The summed E-state index contributed by atoms with van der Waals surface area (Å²) >= 11 is 3.41. The average molecular weight is 437 g/mol. The van der Waals surface area contributed by atoms with Crippen molar-refractivity contribution in [2.45, 2.75) is 11.3 Å². The average Bonchev–Trinajstić information content (AvgIpc) is 3.02. The van der Waals surface area contributed by atoms with E-state index in [4.69, 9.17) is 4.74 Å². The second-order valence-corrected chi connectivity index (χ2v) is 9.03. The molecule has 3 aromatic rings. The van der Waals surface area contributed by atoms with Crippen LogP contribution in [0, 0.1) is 0 Å². The molecule has 2 aromatic carbocycles. The molecule has 0 amide bonds. The predicted octanol–water partition coefficient (Wildman–Crippen LogP) is 3.97. The molecular weight excluding hydrogens is 416 g/mol. The van der Waals surface area contributed by atoms with Crippen LogP contribution in [0.3, 0.4) is 0 Å². The van der Waals surface area contributed by atoms with Crippen molar-refractivity contribution in [1.82, 2.24) is 8.87 Å². The summed E-state index contributed by atoms with van der Waals surface area (Å²) in [5.41, 5.74) is 0.644. The first-order valence-electron chi connectivity index (χ1n) is 8.28. The van der Waals surface area contributed by atoms with Gasteiger partial charge in [0.05, 0.1) is 17.0 Å². The molecule has 0 bridgehead atoms. The van der Waals surface area contributed by atoms with Crippen LogP contribution in [0.25, 0.3) is 10.9 Å². The summed E-state index contributed by atoms with van der Waals surface area (Å²) in [6.45, 7) is 1.46. The van der Waals surface area contributed by atoms with Gasteiger partial charge in [-0.15, -0.1) is 0 Å². The van der Waals surface area contributed by atoms with Gasteiger partial charge in [-0.1, -0.05) is 22.0 Å². The van der Waals surface area contributed by atoms with Gasteiger partial charge in [0.25, 0.3) is 10.0 Å². The molecule has 0 radical (unpaired) electrons. The summed E-state index contributed by atoms with van der Waals surface area (Å²) in [7, 11) is 0.326. The highest BCUT2D eigenvalue weighted by Gasteiger charge is 2.19. The fourth-order valence-corrected chi connectivity index (χ4v) is 4.47. The summed E-state index contributed by atoms with van der Waals surface area (Å²) in [6.07, 6.45) is 2.46. The van der Waals surface area contributed by atoms with Crippen molar-refractivity contribution in [3.8, 4) is 5.75 Å². The zero-order valence-corrected chi connectivity index (χ0v) is 17.1. The quantitative estimate of drug-likeness (QED) is 0.525. The third-order valence-electron chi connectivity index (χ3n) is 4.00. The van der Waals surface area contributed by atoms with Gasteiger partial charge in [-0.3, -0.25) is 0 Å². The van der Waals surface area contributed by atoms with E-state index in [2.05, 4.69) is 20.8 Å². The van der Waals surface area contributed by atoms with E-state index in [9.17, 15) is 8.42 Å². The summed E-state index contributed by atoms with van der Waals surface area (Å²) in [6, 6.07) is 14.0. The Morgan fingerprint density at radius 1 is 1.12 bits per heavy atom. The number of nitrogens with zero attached hydrogens (tertiary/aromatic N) is 2. The van der Waals surface area contributed by atoms with Gasteiger partial charge in [-0.25, -0.2) is 12.4 Å². The number of aromatic nitrogens is 1. The molecule has 0 fully saturated rings. The molecule has 0 saturated heterocycles. The molecule has 0 aliphatic carbocycles. The molecular formula is C19H21BrN2O3S. The number of ether oxygens (including phenoxy) is 1. The maximum absolute atomic E-state index is 13.1. The monoisotopic (exact) mass is 436 g/mol. The van der Waals surface area contributed by atoms with Gasteiger partial charge in [0.15, 0.2) is 0 Å². The van der Waals surface area contributed by atoms with E-state index in [-0.39, 0.29) is 4.90 Å². The number of hydrogen-bond acceptors (Lipinski definition) is 4. The van der Waals surface area contributed by atoms with E-state index in [0.717, 1.165) is 22.8 Å². The lowest BCUT2D eigenvalue weighted by atomic mass is 10.3. The van der Waals surface area contributed by atoms with Crippen molar-refractivity contribution in [2.24, 2.45) is 0 Å². The number of benzene rings is 2. The van der Waals surface area contributed by atoms with Crippen LogP contribution in [0.5, 0.6) is 5.75 Å². The Kier molecular flexibility index (Phi) is 5.70. The van der Waals surface area contributed by atoms with Crippen LogP contribution in [0.1, 0.15) is 6.42 Å². The van der Waals surface area contributed by atoms with Gasteiger partial charge < -0.3 is 9.64 Å². The Bertz CT molecular complexity index is 1010. The molecule has 5 nitrogen and oxygen atoms in total. The van der Waals surface area contributed by atoms with E-state index < -0.39 is 10.0 Å². The Hall–Kier alpha value is -1.83. The van der Waals surface area contributed by atoms with Crippen LogP contribution < -0.4 is 4.74 Å². The van der Waals surface area contributed by atoms with Gasteiger partial charge in [0.1, 0.15) is 5.75 Å². The lowest BCUT2D eigenvalue weighted by molar-refractivity contribution is 0.281. The van der Waals surface area contributed by atoms with E-state index in [1.165, 1.54) is 3.97 Å². The van der Waals surface area contributed by atoms with Crippen molar-refractivity contribution < 1.29 is 13.2 Å². The van der Waals surface area contributed by atoms with Crippen molar-refractivity contribution in [3.05, 3.63) is 59.2 Å². The van der Waals surface area contributed by atoms with Crippen LogP contribution in [0.15, 0.2) is 64.1 Å². The number of fused-ring (bicyclic) bond motifs is 1. The smallest absolute Gasteiger partial charge is 0.268 e. The second-order valence-electron chi connectivity index (χ2n) is 6.30. The van der Waals surface area contributed by atoms with Crippen molar-refractivity contribution >= 4 is 36.9 Å². The summed E-state index contributed by atoms with van der Waals surface area (Å²) in [4.78, 5) is 2.29. The molecule has 26 heavy (non-hydrogen) atoms. The van der Waals surface area contributed by atoms with Gasteiger partial charge >= 0.3 is 0 Å². The highest BCUT2D eigenvalue weighted by molar-refractivity contribution is 9.10. The van der Waals surface area contributed by atoms with Crippen molar-refractivity contribution in [1.29, 1.82) is 0 Å². The lowest BCUT2D eigenvalue weighted by Gasteiger charge is -2.12. The minimum atomic E-state index is -3.69. The number of halogens is 1.